The van der Waals surface area contributed by atoms with Crippen molar-refractivity contribution in [1.29, 1.82) is 0 Å². The van der Waals surface area contributed by atoms with E-state index in [-0.39, 0.29) is 5.91 Å². The zero-order chi connectivity index (χ0) is 14.5. The first kappa shape index (κ1) is 14.5. The van der Waals surface area contributed by atoms with Crippen molar-refractivity contribution in [2.45, 2.75) is 39.2 Å². The van der Waals surface area contributed by atoms with Crippen molar-refractivity contribution in [2.75, 3.05) is 0 Å². The fourth-order valence-corrected chi connectivity index (χ4v) is 2.75. The van der Waals surface area contributed by atoms with E-state index in [1.807, 2.05) is 13.0 Å². The highest BCUT2D eigenvalue weighted by atomic mass is 16.4. The third-order valence-corrected chi connectivity index (χ3v) is 4.01. The summed E-state index contributed by atoms with van der Waals surface area (Å²) in [5, 5.41) is 12.1. The minimum Gasteiger partial charge on any atom is -0.481 e. The molecule has 2 atom stereocenters. The van der Waals surface area contributed by atoms with E-state index in [0.717, 1.165) is 24.0 Å². The highest BCUT2D eigenvalue weighted by molar-refractivity contribution is 5.84. The maximum Gasteiger partial charge on any atom is 0.307 e. The van der Waals surface area contributed by atoms with Crippen LogP contribution in [0, 0.1) is 18.8 Å². The average molecular weight is 276 g/mol. The second-order valence-electron chi connectivity index (χ2n) is 5.36. The Morgan fingerprint density at radius 1 is 1.35 bits per heavy atom. The van der Waals surface area contributed by atoms with E-state index in [0.29, 0.717) is 19.4 Å². The monoisotopic (exact) mass is 276 g/mol. The molecule has 20 heavy (non-hydrogen) atoms. The van der Waals surface area contributed by atoms with Crippen molar-refractivity contribution < 1.29 is 14.7 Å². The molecule has 0 spiro atoms. The van der Waals surface area contributed by atoms with Gasteiger partial charge in [-0.05, 0) is 37.0 Å². The fourth-order valence-electron chi connectivity index (χ4n) is 2.75. The molecule has 1 aromatic heterocycles. The second kappa shape index (κ2) is 6.50. The van der Waals surface area contributed by atoms with Gasteiger partial charge in [-0.1, -0.05) is 12.8 Å². The van der Waals surface area contributed by atoms with Gasteiger partial charge in [0.1, 0.15) is 0 Å². The Kier molecular flexibility index (Phi) is 4.71. The maximum absolute atomic E-state index is 12.2. The van der Waals surface area contributed by atoms with E-state index >= 15 is 0 Å². The van der Waals surface area contributed by atoms with Gasteiger partial charge in [0.25, 0.3) is 0 Å². The third-order valence-electron chi connectivity index (χ3n) is 4.01. The van der Waals surface area contributed by atoms with Crippen LogP contribution in [-0.4, -0.2) is 22.0 Å². The number of hydrogen-bond donors (Lipinski definition) is 2. The summed E-state index contributed by atoms with van der Waals surface area (Å²) in [6.07, 6.45) is 6.53. The molecule has 5 heteroatoms. The second-order valence-corrected chi connectivity index (χ2v) is 5.36. The predicted molar refractivity (Wildman–Crippen MR) is 73.9 cm³/mol. The minimum absolute atomic E-state index is 0.145. The van der Waals surface area contributed by atoms with Crippen molar-refractivity contribution in [1.82, 2.24) is 10.3 Å². The molecule has 5 nitrogen and oxygen atoms in total. The highest BCUT2D eigenvalue weighted by Gasteiger charge is 2.35. The molecule has 1 amide bonds. The van der Waals surface area contributed by atoms with E-state index in [2.05, 4.69) is 10.3 Å². The van der Waals surface area contributed by atoms with Crippen molar-refractivity contribution in [3.05, 3.63) is 29.6 Å². The topological polar surface area (TPSA) is 79.3 Å². The Labute approximate surface area is 118 Å². The van der Waals surface area contributed by atoms with Gasteiger partial charge in [-0.2, -0.15) is 0 Å². The number of aromatic nitrogens is 1. The Balaban J connectivity index is 1.97. The molecule has 1 aliphatic carbocycles. The molecule has 1 aliphatic rings. The predicted octanol–water partition coefficient (Wildman–Crippen LogP) is 1.90. The lowest BCUT2D eigenvalue weighted by Crippen LogP contribution is -2.39. The number of carbonyl (C=O) groups excluding carboxylic acids is 1. The summed E-state index contributed by atoms with van der Waals surface area (Å²) in [6, 6.07) is 1.87. The SMILES string of the molecule is Cc1cnccc1CNC(=O)[C@@H]1CCCC[C@@H]1C(=O)O. The van der Waals surface area contributed by atoms with Gasteiger partial charge < -0.3 is 10.4 Å². The number of nitrogens with zero attached hydrogens (tertiary/aromatic N) is 1. The molecule has 2 N–H and O–H groups in total. The van der Waals surface area contributed by atoms with E-state index in [1.54, 1.807) is 12.4 Å². The van der Waals surface area contributed by atoms with Crippen LogP contribution in [0.2, 0.25) is 0 Å². The molecule has 0 radical (unpaired) electrons. The Bertz CT molecular complexity index is 502. The molecular formula is C15H20N2O3. The lowest BCUT2D eigenvalue weighted by Gasteiger charge is -2.27. The van der Waals surface area contributed by atoms with Crippen LogP contribution < -0.4 is 5.32 Å². The average Bonchev–Trinajstić information content (AvgIpc) is 2.46. The zero-order valence-electron chi connectivity index (χ0n) is 11.6. The normalized spacial score (nSPS) is 22.2. The minimum atomic E-state index is -0.857. The van der Waals surface area contributed by atoms with Crippen LogP contribution in [0.25, 0.3) is 0 Å². The molecule has 2 rings (SSSR count). The van der Waals surface area contributed by atoms with Crippen LogP contribution in [0.4, 0.5) is 0 Å². The molecule has 0 bridgehead atoms. The number of hydrogen-bond acceptors (Lipinski definition) is 3. The van der Waals surface area contributed by atoms with Gasteiger partial charge in [0.2, 0.25) is 5.91 Å². The van der Waals surface area contributed by atoms with Gasteiger partial charge in [-0.3, -0.25) is 14.6 Å². The summed E-state index contributed by atoms with van der Waals surface area (Å²) in [4.78, 5) is 27.4. The van der Waals surface area contributed by atoms with Crippen LogP contribution >= 0.6 is 0 Å². The van der Waals surface area contributed by atoms with Crippen LogP contribution in [0.3, 0.4) is 0 Å². The van der Waals surface area contributed by atoms with Crippen LogP contribution in [0.5, 0.6) is 0 Å². The van der Waals surface area contributed by atoms with Gasteiger partial charge in [0.05, 0.1) is 11.8 Å². The summed E-state index contributed by atoms with van der Waals surface area (Å²) in [5.41, 5.74) is 2.03. The number of nitrogens with one attached hydrogen (secondary N) is 1. The quantitative estimate of drug-likeness (QED) is 0.880. The smallest absolute Gasteiger partial charge is 0.307 e. The lowest BCUT2D eigenvalue weighted by molar-refractivity contribution is -0.148. The number of carboxylic acid groups (broad SMARTS) is 1. The fraction of sp³-hybridized carbons (Fsp3) is 0.533. The van der Waals surface area contributed by atoms with E-state index in [9.17, 15) is 14.7 Å². The highest BCUT2D eigenvalue weighted by Crippen LogP contribution is 2.30. The molecule has 1 aromatic rings. The van der Waals surface area contributed by atoms with Gasteiger partial charge in [0.15, 0.2) is 0 Å². The number of amides is 1. The number of aryl methyl sites for hydroxylation is 1. The van der Waals surface area contributed by atoms with Crippen molar-refractivity contribution in [2.24, 2.45) is 11.8 Å². The Morgan fingerprint density at radius 3 is 2.70 bits per heavy atom. The van der Waals surface area contributed by atoms with Gasteiger partial charge in [-0.15, -0.1) is 0 Å². The van der Waals surface area contributed by atoms with Crippen molar-refractivity contribution in [3.8, 4) is 0 Å². The van der Waals surface area contributed by atoms with Crippen molar-refractivity contribution >= 4 is 11.9 Å². The summed E-state index contributed by atoms with van der Waals surface area (Å²) in [6.45, 7) is 2.37. The lowest BCUT2D eigenvalue weighted by atomic mass is 9.78. The third kappa shape index (κ3) is 3.35. The largest absolute Gasteiger partial charge is 0.481 e. The number of carbonyl (C=O) groups is 2. The summed E-state index contributed by atoms with van der Waals surface area (Å²) >= 11 is 0. The molecule has 108 valence electrons. The number of pyridine rings is 1. The number of rotatable bonds is 4. The number of carboxylic acids is 1. The molecule has 0 unspecified atom stereocenters. The molecular weight excluding hydrogens is 256 g/mol. The first-order valence-corrected chi connectivity index (χ1v) is 6.99. The molecule has 0 aromatic carbocycles. The van der Waals surface area contributed by atoms with Crippen LogP contribution in [0.15, 0.2) is 18.5 Å². The molecule has 0 aliphatic heterocycles. The molecule has 1 saturated carbocycles. The first-order chi connectivity index (χ1) is 9.59. The van der Waals surface area contributed by atoms with Crippen LogP contribution in [-0.2, 0) is 16.1 Å². The number of aliphatic carboxylic acids is 1. The van der Waals surface area contributed by atoms with Gasteiger partial charge >= 0.3 is 5.97 Å². The molecule has 0 saturated heterocycles. The Morgan fingerprint density at radius 2 is 2.05 bits per heavy atom. The molecule has 1 fully saturated rings. The Hall–Kier alpha value is -1.91. The van der Waals surface area contributed by atoms with E-state index < -0.39 is 17.8 Å². The van der Waals surface area contributed by atoms with Gasteiger partial charge in [-0.25, -0.2) is 0 Å². The van der Waals surface area contributed by atoms with E-state index in [4.69, 9.17) is 0 Å². The summed E-state index contributed by atoms with van der Waals surface area (Å²) < 4.78 is 0. The van der Waals surface area contributed by atoms with Gasteiger partial charge in [0, 0.05) is 18.9 Å². The maximum atomic E-state index is 12.2. The summed E-state index contributed by atoms with van der Waals surface area (Å²) in [7, 11) is 0. The van der Waals surface area contributed by atoms with E-state index in [1.165, 1.54) is 0 Å². The zero-order valence-corrected chi connectivity index (χ0v) is 11.6. The first-order valence-electron chi connectivity index (χ1n) is 6.99. The standard InChI is InChI=1S/C15H20N2O3/c1-10-8-16-7-6-11(10)9-17-14(18)12-4-2-3-5-13(12)15(19)20/h6-8,12-13H,2-5,9H2,1H3,(H,17,18)(H,19,20)/t12-,13+/m1/s1. The van der Waals surface area contributed by atoms with Crippen LogP contribution in [0.1, 0.15) is 36.8 Å². The van der Waals surface area contributed by atoms with Crippen molar-refractivity contribution in [3.63, 3.8) is 0 Å². The molecule has 1 heterocycles. The summed E-state index contributed by atoms with van der Waals surface area (Å²) in [5.74, 6) is -1.94.